The molecule has 8 nitrogen and oxygen atoms in total. The van der Waals surface area contributed by atoms with Gasteiger partial charge in [-0.15, -0.1) is 0 Å². The van der Waals surface area contributed by atoms with E-state index >= 15 is 0 Å². The van der Waals surface area contributed by atoms with Crippen LogP contribution in [0.1, 0.15) is 65.7 Å². The van der Waals surface area contributed by atoms with Crippen LogP contribution in [-0.4, -0.2) is 71.2 Å². The first-order chi connectivity index (χ1) is 14.4. The maximum absolute atomic E-state index is 13.5. The fourth-order valence-electron chi connectivity index (χ4n) is 5.58. The molecule has 3 aliphatic rings. The van der Waals surface area contributed by atoms with Crippen molar-refractivity contribution in [1.29, 1.82) is 0 Å². The molecule has 3 rings (SSSR count). The summed E-state index contributed by atoms with van der Waals surface area (Å²) >= 11 is 0. The molecular weight excluding hydrogens is 386 g/mol. The molecular formula is C22H37N3O5. The Hall–Kier alpha value is -1.67. The molecule has 3 fully saturated rings. The number of hydrogen-bond donors (Lipinski definition) is 3. The number of nitrogens with one attached hydrogen (secondary N) is 2. The largest absolute Gasteiger partial charge is 0.396 e. The van der Waals surface area contributed by atoms with Crippen LogP contribution in [0.3, 0.4) is 0 Å². The molecule has 8 heteroatoms. The summed E-state index contributed by atoms with van der Waals surface area (Å²) in [6.45, 7) is 7.02. The van der Waals surface area contributed by atoms with Gasteiger partial charge in [0.15, 0.2) is 0 Å². The number of carbonyl (C=O) groups is 3. The van der Waals surface area contributed by atoms with Gasteiger partial charge in [0.1, 0.15) is 11.6 Å². The molecule has 2 bridgehead atoms. The van der Waals surface area contributed by atoms with Gasteiger partial charge in [0, 0.05) is 25.7 Å². The van der Waals surface area contributed by atoms with E-state index in [2.05, 4.69) is 17.6 Å². The zero-order chi connectivity index (χ0) is 21.9. The van der Waals surface area contributed by atoms with Crippen molar-refractivity contribution in [3.8, 4) is 0 Å². The smallest absolute Gasteiger partial charge is 0.246 e. The Morgan fingerprint density at radius 1 is 1.27 bits per heavy atom. The Bertz CT molecular complexity index is 657. The summed E-state index contributed by atoms with van der Waals surface area (Å²) in [6, 6.07) is -0.712. The molecule has 0 radical (unpaired) electrons. The van der Waals surface area contributed by atoms with Crippen molar-refractivity contribution in [2.75, 3.05) is 19.7 Å². The summed E-state index contributed by atoms with van der Waals surface area (Å²) in [7, 11) is 0. The number of hydrogen-bond acceptors (Lipinski definition) is 5. The zero-order valence-electron chi connectivity index (χ0n) is 18.5. The van der Waals surface area contributed by atoms with E-state index in [1.807, 2.05) is 13.8 Å². The van der Waals surface area contributed by atoms with Gasteiger partial charge >= 0.3 is 0 Å². The van der Waals surface area contributed by atoms with Crippen LogP contribution in [0.4, 0.5) is 0 Å². The van der Waals surface area contributed by atoms with Gasteiger partial charge < -0.3 is 25.4 Å². The first-order valence-corrected chi connectivity index (χ1v) is 11.6. The van der Waals surface area contributed by atoms with Crippen LogP contribution in [0.25, 0.3) is 0 Å². The molecule has 3 amide bonds. The topological polar surface area (TPSA) is 108 Å². The van der Waals surface area contributed by atoms with Crippen LogP contribution in [0.15, 0.2) is 0 Å². The van der Waals surface area contributed by atoms with Crippen molar-refractivity contribution in [3.63, 3.8) is 0 Å². The number of rotatable bonds is 11. The highest BCUT2D eigenvalue weighted by molar-refractivity contribution is 5.98. The molecule has 0 saturated carbocycles. The van der Waals surface area contributed by atoms with Gasteiger partial charge in [0.05, 0.1) is 17.9 Å². The van der Waals surface area contributed by atoms with Crippen LogP contribution in [0.2, 0.25) is 0 Å². The van der Waals surface area contributed by atoms with Crippen molar-refractivity contribution in [1.82, 2.24) is 15.5 Å². The molecule has 6 atom stereocenters. The molecule has 0 aromatic heterocycles. The second kappa shape index (κ2) is 9.64. The number of nitrogens with zero attached hydrogens (tertiary/aromatic N) is 1. The summed E-state index contributed by atoms with van der Waals surface area (Å²) in [5.74, 6) is -1.64. The second-order valence-electron chi connectivity index (χ2n) is 9.01. The number of unbranched alkanes of at least 4 members (excludes halogenated alkanes) is 1. The number of likely N-dealkylation sites (tertiary alicyclic amines) is 1. The molecule has 3 N–H and O–H groups in total. The summed E-state index contributed by atoms with van der Waals surface area (Å²) in [4.78, 5) is 41.4. The summed E-state index contributed by atoms with van der Waals surface area (Å²) in [5.41, 5.74) is -0.925. The van der Waals surface area contributed by atoms with Gasteiger partial charge in [-0.3, -0.25) is 14.4 Å². The van der Waals surface area contributed by atoms with Crippen molar-refractivity contribution in [2.45, 2.75) is 89.5 Å². The Balaban J connectivity index is 1.88. The van der Waals surface area contributed by atoms with Crippen LogP contribution < -0.4 is 10.6 Å². The lowest BCUT2D eigenvalue weighted by Gasteiger charge is -2.34. The van der Waals surface area contributed by atoms with Gasteiger partial charge in [-0.05, 0) is 45.4 Å². The lowest BCUT2D eigenvalue weighted by Crippen LogP contribution is -2.56. The van der Waals surface area contributed by atoms with E-state index < -0.39 is 23.5 Å². The van der Waals surface area contributed by atoms with Crippen LogP contribution in [-0.2, 0) is 19.1 Å². The molecule has 0 aliphatic carbocycles. The lowest BCUT2D eigenvalue weighted by molar-refractivity contribution is -0.142. The van der Waals surface area contributed by atoms with Crippen LogP contribution in [0, 0.1) is 11.8 Å². The Kier molecular flexibility index (Phi) is 7.39. The van der Waals surface area contributed by atoms with E-state index in [1.54, 1.807) is 4.90 Å². The van der Waals surface area contributed by atoms with Crippen molar-refractivity contribution >= 4 is 17.7 Å². The number of aliphatic hydroxyl groups is 1. The first-order valence-electron chi connectivity index (χ1n) is 11.6. The minimum Gasteiger partial charge on any atom is -0.396 e. The van der Waals surface area contributed by atoms with E-state index in [-0.39, 0.29) is 36.5 Å². The van der Waals surface area contributed by atoms with Crippen LogP contribution in [0.5, 0.6) is 0 Å². The summed E-state index contributed by atoms with van der Waals surface area (Å²) in [6.07, 6.45) is 4.80. The van der Waals surface area contributed by atoms with Crippen molar-refractivity contribution < 1.29 is 24.2 Å². The number of carbonyl (C=O) groups excluding carboxylic acids is 3. The molecule has 0 aromatic rings. The SMILES string of the molecule is CCCNC(=O)[C@@H]1[C@@H]2CCC3(O2)C(C(=O)NC(C)CCC)N(CCCCO)C(=O)[C@H]13. The Labute approximate surface area is 179 Å². The maximum Gasteiger partial charge on any atom is 0.246 e. The average Bonchev–Trinajstić information content (AvgIpc) is 3.34. The predicted molar refractivity (Wildman–Crippen MR) is 111 cm³/mol. The molecule has 3 aliphatic heterocycles. The lowest BCUT2D eigenvalue weighted by atomic mass is 9.70. The average molecular weight is 424 g/mol. The highest BCUT2D eigenvalue weighted by atomic mass is 16.5. The molecule has 0 aromatic carbocycles. The van der Waals surface area contributed by atoms with E-state index in [4.69, 9.17) is 9.84 Å². The molecule has 170 valence electrons. The quantitative estimate of drug-likeness (QED) is 0.429. The van der Waals surface area contributed by atoms with Gasteiger partial charge in [-0.25, -0.2) is 0 Å². The molecule has 1 spiro atoms. The molecule has 3 saturated heterocycles. The van der Waals surface area contributed by atoms with Crippen LogP contribution >= 0.6 is 0 Å². The third kappa shape index (κ3) is 3.96. The number of aliphatic hydroxyl groups excluding tert-OH is 1. The zero-order valence-corrected chi connectivity index (χ0v) is 18.5. The predicted octanol–water partition coefficient (Wildman–Crippen LogP) is 0.965. The highest BCUT2D eigenvalue weighted by Crippen LogP contribution is 2.58. The van der Waals surface area contributed by atoms with Gasteiger partial charge in [-0.1, -0.05) is 20.3 Å². The number of ether oxygens (including phenoxy) is 1. The summed E-state index contributed by atoms with van der Waals surface area (Å²) < 4.78 is 6.35. The minimum absolute atomic E-state index is 0.00889. The van der Waals surface area contributed by atoms with Crippen molar-refractivity contribution in [2.24, 2.45) is 11.8 Å². The molecule has 3 unspecified atom stereocenters. The number of fused-ring (bicyclic) bond motifs is 1. The van der Waals surface area contributed by atoms with Crippen molar-refractivity contribution in [3.05, 3.63) is 0 Å². The Morgan fingerprint density at radius 2 is 2.03 bits per heavy atom. The normalized spacial score (nSPS) is 32.9. The maximum atomic E-state index is 13.5. The summed E-state index contributed by atoms with van der Waals surface area (Å²) in [5, 5.41) is 15.2. The third-order valence-corrected chi connectivity index (χ3v) is 6.82. The fraction of sp³-hybridized carbons (Fsp3) is 0.864. The minimum atomic E-state index is -0.925. The second-order valence-corrected chi connectivity index (χ2v) is 9.01. The van der Waals surface area contributed by atoms with Gasteiger partial charge in [0.25, 0.3) is 0 Å². The van der Waals surface area contributed by atoms with E-state index in [1.165, 1.54) is 0 Å². The molecule has 3 heterocycles. The standard InChI is InChI=1S/C22H37N3O5/c1-4-8-14(3)24-20(28)18-22-10-9-15(30-22)16(19(27)23-11-5-2)17(22)21(29)25(18)12-6-7-13-26/h14-18,26H,4-13H2,1-3H3,(H,23,27)(H,24,28)/t14?,15-,16+,17-,18?,22?/m0/s1. The first kappa shape index (κ1) is 23.0. The number of amides is 3. The van der Waals surface area contributed by atoms with E-state index in [0.29, 0.717) is 38.8 Å². The van der Waals surface area contributed by atoms with E-state index in [9.17, 15) is 14.4 Å². The third-order valence-electron chi connectivity index (χ3n) is 6.82. The van der Waals surface area contributed by atoms with Gasteiger partial charge in [-0.2, -0.15) is 0 Å². The van der Waals surface area contributed by atoms with E-state index in [0.717, 1.165) is 19.3 Å². The fourth-order valence-corrected chi connectivity index (χ4v) is 5.58. The Morgan fingerprint density at radius 3 is 2.70 bits per heavy atom. The molecule has 30 heavy (non-hydrogen) atoms. The monoisotopic (exact) mass is 423 g/mol. The highest BCUT2D eigenvalue weighted by Gasteiger charge is 2.74. The van der Waals surface area contributed by atoms with Gasteiger partial charge in [0.2, 0.25) is 17.7 Å².